The van der Waals surface area contributed by atoms with E-state index in [-0.39, 0.29) is 5.41 Å². The van der Waals surface area contributed by atoms with Gasteiger partial charge in [-0.05, 0) is 17.9 Å². The Morgan fingerprint density at radius 3 is 1.71 bits per heavy atom. The van der Waals surface area contributed by atoms with Crippen molar-refractivity contribution in [2.24, 2.45) is 16.6 Å². The van der Waals surface area contributed by atoms with Crippen molar-refractivity contribution in [1.29, 1.82) is 0 Å². The van der Waals surface area contributed by atoms with Crippen LogP contribution in [0.15, 0.2) is 0 Å². The lowest BCUT2D eigenvalue weighted by molar-refractivity contribution is 0.0975. The Kier molecular flexibility index (Phi) is 4.60. The molecule has 0 heterocycles. The quantitative estimate of drug-likeness (QED) is 0.757. The number of nitrogens with zero attached hydrogens (tertiary/aromatic N) is 1. The van der Waals surface area contributed by atoms with Crippen molar-refractivity contribution in [3.63, 3.8) is 0 Å². The third-order valence-electron chi connectivity index (χ3n) is 2.48. The maximum Gasteiger partial charge on any atom is 0.0264 e. The van der Waals surface area contributed by atoms with Crippen LogP contribution in [0.3, 0.4) is 0 Å². The summed E-state index contributed by atoms with van der Waals surface area (Å²) in [5.74, 6) is 0. The first-order valence-electron chi connectivity index (χ1n) is 5.48. The SMILES string of the molecule is CN(CC(C)(C)C)C(CN)C(C)(C)C. The predicted octanol–water partition coefficient (Wildman–Crippen LogP) is 2.34. The molecule has 0 aromatic carbocycles. The van der Waals surface area contributed by atoms with Gasteiger partial charge in [0.1, 0.15) is 0 Å². The molecule has 1 unspecified atom stereocenters. The first-order chi connectivity index (χ1) is 6.08. The van der Waals surface area contributed by atoms with Crippen molar-refractivity contribution in [3.8, 4) is 0 Å². The van der Waals surface area contributed by atoms with Gasteiger partial charge in [-0.2, -0.15) is 0 Å². The van der Waals surface area contributed by atoms with Crippen molar-refractivity contribution in [2.45, 2.75) is 47.6 Å². The van der Waals surface area contributed by atoms with Gasteiger partial charge in [0.2, 0.25) is 0 Å². The van der Waals surface area contributed by atoms with Crippen LogP contribution in [-0.4, -0.2) is 31.1 Å². The Hall–Kier alpha value is -0.0800. The molecule has 0 aromatic heterocycles. The highest BCUT2D eigenvalue weighted by Gasteiger charge is 2.28. The van der Waals surface area contributed by atoms with E-state index in [1.54, 1.807) is 0 Å². The van der Waals surface area contributed by atoms with Gasteiger partial charge in [-0.25, -0.2) is 0 Å². The molecule has 86 valence electrons. The van der Waals surface area contributed by atoms with E-state index in [2.05, 4.69) is 53.5 Å². The van der Waals surface area contributed by atoms with Gasteiger partial charge < -0.3 is 10.6 Å². The molecule has 0 saturated heterocycles. The standard InChI is InChI=1S/C12H28N2/c1-11(2,3)9-14(7)10(8-13)12(4,5)6/h10H,8-9,13H2,1-7H3. The van der Waals surface area contributed by atoms with Gasteiger partial charge in [0, 0.05) is 19.1 Å². The maximum atomic E-state index is 5.84. The first kappa shape index (κ1) is 13.9. The van der Waals surface area contributed by atoms with Crippen molar-refractivity contribution >= 4 is 0 Å². The number of hydrogen-bond acceptors (Lipinski definition) is 2. The lowest BCUT2D eigenvalue weighted by Gasteiger charge is -2.40. The monoisotopic (exact) mass is 200 g/mol. The lowest BCUT2D eigenvalue weighted by Crippen LogP contribution is -2.49. The van der Waals surface area contributed by atoms with Crippen LogP contribution in [0.5, 0.6) is 0 Å². The summed E-state index contributed by atoms with van der Waals surface area (Å²) in [7, 11) is 2.17. The van der Waals surface area contributed by atoms with Crippen LogP contribution >= 0.6 is 0 Å². The Labute approximate surface area is 89.9 Å². The first-order valence-corrected chi connectivity index (χ1v) is 5.48. The van der Waals surface area contributed by atoms with Crippen molar-refractivity contribution in [1.82, 2.24) is 4.90 Å². The van der Waals surface area contributed by atoms with Crippen LogP contribution in [0.1, 0.15) is 41.5 Å². The summed E-state index contributed by atoms with van der Waals surface area (Å²) in [6, 6.07) is 0.460. The van der Waals surface area contributed by atoms with E-state index >= 15 is 0 Å². The molecule has 0 saturated carbocycles. The molecule has 0 aliphatic rings. The second-order valence-electron chi connectivity index (χ2n) is 6.59. The van der Waals surface area contributed by atoms with E-state index in [9.17, 15) is 0 Å². The van der Waals surface area contributed by atoms with Crippen molar-refractivity contribution < 1.29 is 0 Å². The summed E-state index contributed by atoms with van der Waals surface area (Å²) in [4.78, 5) is 2.39. The second-order valence-corrected chi connectivity index (χ2v) is 6.59. The molecule has 2 heteroatoms. The molecular formula is C12H28N2. The summed E-state index contributed by atoms with van der Waals surface area (Å²) < 4.78 is 0. The van der Waals surface area contributed by atoms with E-state index in [0.717, 1.165) is 13.1 Å². The summed E-state index contributed by atoms with van der Waals surface area (Å²) in [6.45, 7) is 15.4. The average Bonchev–Trinajstić information content (AvgIpc) is 1.79. The molecule has 2 nitrogen and oxygen atoms in total. The molecule has 14 heavy (non-hydrogen) atoms. The van der Waals surface area contributed by atoms with Gasteiger partial charge in [-0.1, -0.05) is 41.5 Å². The molecule has 0 rings (SSSR count). The Morgan fingerprint density at radius 2 is 1.50 bits per heavy atom. The molecular weight excluding hydrogens is 172 g/mol. The molecule has 0 bridgehead atoms. The largest absolute Gasteiger partial charge is 0.329 e. The minimum atomic E-state index is 0.259. The zero-order valence-electron chi connectivity index (χ0n) is 11.0. The van der Waals surface area contributed by atoms with E-state index in [1.807, 2.05) is 0 Å². The van der Waals surface area contributed by atoms with Crippen LogP contribution in [0, 0.1) is 10.8 Å². The number of likely N-dealkylation sites (N-methyl/N-ethyl adjacent to an activating group) is 1. The van der Waals surface area contributed by atoms with Crippen LogP contribution in [0.4, 0.5) is 0 Å². The smallest absolute Gasteiger partial charge is 0.0264 e. The number of nitrogens with two attached hydrogens (primary N) is 1. The summed E-state index contributed by atoms with van der Waals surface area (Å²) in [5.41, 5.74) is 6.44. The lowest BCUT2D eigenvalue weighted by atomic mass is 9.84. The molecule has 0 aliphatic heterocycles. The molecule has 0 radical (unpaired) electrons. The summed E-state index contributed by atoms with van der Waals surface area (Å²) in [6.07, 6.45) is 0. The van der Waals surface area contributed by atoms with E-state index in [0.29, 0.717) is 11.5 Å². The van der Waals surface area contributed by atoms with Crippen LogP contribution in [0.25, 0.3) is 0 Å². The third-order valence-corrected chi connectivity index (χ3v) is 2.48. The molecule has 0 aromatic rings. The molecule has 1 atom stereocenters. The van der Waals surface area contributed by atoms with Gasteiger partial charge in [0.25, 0.3) is 0 Å². The van der Waals surface area contributed by atoms with Gasteiger partial charge in [-0.3, -0.25) is 0 Å². The van der Waals surface area contributed by atoms with Gasteiger partial charge in [0.05, 0.1) is 0 Å². The molecule has 0 fully saturated rings. The fourth-order valence-electron chi connectivity index (χ4n) is 2.05. The fourth-order valence-corrected chi connectivity index (χ4v) is 2.05. The van der Waals surface area contributed by atoms with Crippen LogP contribution in [-0.2, 0) is 0 Å². The number of hydrogen-bond donors (Lipinski definition) is 1. The molecule has 0 aliphatic carbocycles. The summed E-state index contributed by atoms with van der Waals surface area (Å²) in [5, 5.41) is 0. The van der Waals surface area contributed by atoms with E-state index < -0.39 is 0 Å². The Bertz CT molecular complexity index is 162. The second kappa shape index (κ2) is 4.63. The van der Waals surface area contributed by atoms with E-state index in [4.69, 9.17) is 5.73 Å². The zero-order valence-corrected chi connectivity index (χ0v) is 11.0. The Balaban J connectivity index is 4.41. The topological polar surface area (TPSA) is 29.3 Å². The van der Waals surface area contributed by atoms with Crippen LogP contribution in [0.2, 0.25) is 0 Å². The summed E-state index contributed by atoms with van der Waals surface area (Å²) >= 11 is 0. The maximum absolute atomic E-state index is 5.84. The highest BCUT2D eigenvalue weighted by Crippen LogP contribution is 2.25. The minimum Gasteiger partial charge on any atom is -0.329 e. The van der Waals surface area contributed by atoms with Crippen LogP contribution < -0.4 is 5.73 Å². The van der Waals surface area contributed by atoms with Crippen molar-refractivity contribution in [2.75, 3.05) is 20.1 Å². The minimum absolute atomic E-state index is 0.259. The highest BCUT2D eigenvalue weighted by atomic mass is 15.2. The van der Waals surface area contributed by atoms with Crippen molar-refractivity contribution in [3.05, 3.63) is 0 Å². The van der Waals surface area contributed by atoms with Gasteiger partial charge in [0.15, 0.2) is 0 Å². The third kappa shape index (κ3) is 4.97. The predicted molar refractivity (Wildman–Crippen MR) is 64.4 cm³/mol. The fraction of sp³-hybridized carbons (Fsp3) is 1.00. The molecule has 0 amide bonds. The zero-order chi connectivity index (χ0) is 11.6. The number of rotatable bonds is 3. The average molecular weight is 200 g/mol. The molecule has 2 N–H and O–H groups in total. The van der Waals surface area contributed by atoms with E-state index in [1.165, 1.54) is 0 Å². The Morgan fingerprint density at radius 1 is 1.07 bits per heavy atom. The normalized spacial score (nSPS) is 16.1. The highest BCUT2D eigenvalue weighted by molar-refractivity contribution is 4.84. The van der Waals surface area contributed by atoms with Gasteiger partial charge >= 0.3 is 0 Å². The molecule has 0 spiro atoms. The van der Waals surface area contributed by atoms with Gasteiger partial charge in [-0.15, -0.1) is 0 Å².